The molecule has 2 amide bonds. The highest BCUT2D eigenvalue weighted by molar-refractivity contribution is 14.1. The molecule has 3 aromatic rings. The van der Waals surface area contributed by atoms with E-state index in [1.807, 2.05) is 56.3 Å². The van der Waals surface area contributed by atoms with Crippen molar-refractivity contribution in [1.29, 1.82) is 0 Å². The largest absolute Gasteiger partial charge is 0.394 e. The Kier molecular flexibility index (Phi) is 13.2. The maximum atomic E-state index is 14.2. The third kappa shape index (κ3) is 8.64. The van der Waals surface area contributed by atoms with Gasteiger partial charge in [-0.25, -0.2) is 4.68 Å². The number of halogens is 1. The highest BCUT2D eigenvalue weighted by atomic mass is 127. The summed E-state index contributed by atoms with van der Waals surface area (Å²) in [6.07, 6.45) is -1.47. The fraction of sp³-hybridized carbons (Fsp3) is 0.484. The number of amides is 2. The Bertz CT molecular complexity index is 1380. The van der Waals surface area contributed by atoms with Gasteiger partial charge in [-0.3, -0.25) is 14.9 Å². The Morgan fingerprint density at radius 2 is 1.84 bits per heavy atom. The Morgan fingerprint density at radius 3 is 2.53 bits per heavy atom. The molecule has 0 aliphatic carbocycles. The van der Waals surface area contributed by atoms with Crippen LogP contribution >= 0.6 is 22.6 Å². The first-order valence-corrected chi connectivity index (χ1v) is 16.1. The van der Waals surface area contributed by atoms with Gasteiger partial charge < -0.3 is 35.0 Å². The zero-order valence-corrected chi connectivity index (χ0v) is 27.5. The van der Waals surface area contributed by atoms with Crippen molar-refractivity contribution in [3.05, 3.63) is 81.2 Å². The number of ether oxygens (including phenoxy) is 2. The fourth-order valence-corrected chi connectivity index (χ4v) is 5.77. The van der Waals surface area contributed by atoms with Crippen LogP contribution in [-0.2, 0) is 20.8 Å². The lowest BCUT2D eigenvalue weighted by Crippen LogP contribution is -2.61. The Labute approximate surface area is 276 Å². The molecule has 5 unspecified atom stereocenters. The maximum absolute atomic E-state index is 14.2. The second-order valence-corrected chi connectivity index (χ2v) is 11.8. The maximum Gasteiger partial charge on any atom is 0.256 e. The second kappa shape index (κ2) is 17.1. The van der Waals surface area contributed by atoms with Gasteiger partial charge in [0.25, 0.3) is 5.91 Å². The molecule has 1 aliphatic rings. The van der Waals surface area contributed by atoms with Crippen molar-refractivity contribution in [1.82, 2.24) is 30.5 Å². The molecule has 4 rings (SSSR count). The highest BCUT2D eigenvalue weighted by Crippen LogP contribution is 2.30. The summed E-state index contributed by atoms with van der Waals surface area (Å²) in [6.45, 7) is 4.21. The van der Waals surface area contributed by atoms with Crippen molar-refractivity contribution >= 4 is 34.4 Å². The molecule has 2 aromatic carbocycles. The standard InChI is InChI=1S/C31H41IN6O7/c1-3-5-15-33-29(42)26(20-11-7-6-8-12-20)37(30(43)22-13-9-10-14-23(22)32)16-21-17-38(36-35-21)31-25(34-19-44-4-2)28(41)27(40)24(18-39)45-31/h6-14,17,24-28,31,34,39-41H,3-5,15-16,18-19H2,1-2H3,(H,33,42)/t24?,25?,26?,27-,28?,31?/m0/s1. The number of aliphatic hydroxyl groups excluding tert-OH is 3. The molecule has 1 aliphatic heterocycles. The second-order valence-electron chi connectivity index (χ2n) is 10.7. The third-order valence-corrected chi connectivity index (χ3v) is 8.49. The molecule has 45 heavy (non-hydrogen) atoms. The van der Waals surface area contributed by atoms with Crippen LogP contribution in [0.15, 0.2) is 60.8 Å². The quantitative estimate of drug-likeness (QED) is 0.0880. The number of rotatable bonds is 15. The van der Waals surface area contributed by atoms with Crippen LogP contribution in [-0.4, -0.2) is 97.9 Å². The summed E-state index contributed by atoms with van der Waals surface area (Å²) in [5, 5.41) is 45.7. The third-order valence-electron chi connectivity index (χ3n) is 7.55. The van der Waals surface area contributed by atoms with Crippen LogP contribution in [0.3, 0.4) is 0 Å². The van der Waals surface area contributed by atoms with Crippen molar-refractivity contribution in [2.75, 3.05) is 26.5 Å². The van der Waals surface area contributed by atoms with Crippen molar-refractivity contribution in [3.63, 3.8) is 0 Å². The first-order valence-electron chi connectivity index (χ1n) is 15.0. The van der Waals surface area contributed by atoms with Gasteiger partial charge in [0.1, 0.15) is 30.0 Å². The summed E-state index contributed by atoms with van der Waals surface area (Å²) in [6, 6.07) is 14.4. The molecule has 244 valence electrons. The lowest BCUT2D eigenvalue weighted by molar-refractivity contribution is -0.221. The van der Waals surface area contributed by atoms with Crippen molar-refractivity contribution < 1.29 is 34.4 Å². The number of hydrogen-bond acceptors (Lipinski definition) is 10. The normalized spacial score (nSPS) is 22.1. The highest BCUT2D eigenvalue weighted by Gasteiger charge is 2.45. The molecule has 14 heteroatoms. The predicted octanol–water partition coefficient (Wildman–Crippen LogP) is 1.75. The van der Waals surface area contributed by atoms with Gasteiger partial charge in [0.05, 0.1) is 37.7 Å². The summed E-state index contributed by atoms with van der Waals surface area (Å²) >= 11 is 2.10. The number of unbranched alkanes of at least 4 members (excludes halogenated alkanes) is 1. The Morgan fingerprint density at radius 1 is 1.11 bits per heavy atom. The van der Waals surface area contributed by atoms with Gasteiger partial charge in [-0.05, 0) is 53.6 Å². The predicted molar refractivity (Wildman–Crippen MR) is 173 cm³/mol. The van der Waals surface area contributed by atoms with E-state index in [1.54, 1.807) is 18.3 Å². The summed E-state index contributed by atoms with van der Waals surface area (Å²) in [5.41, 5.74) is 1.42. The van der Waals surface area contributed by atoms with Crippen LogP contribution in [0.4, 0.5) is 0 Å². The van der Waals surface area contributed by atoms with E-state index < -0.39 is 43.2 Å². The average molecular weight is 737 g/mol. The molecule has 1 saturated heterocycles. The van der Waals surface area contributed by atoms with Gasteiger partial charge in [0, 0.05) is 16.7 Å². The summed E-state index contributed by atoms with van der Waals surface area (Å²) in [7, 11) is 0. The van der Waals surface area contributed by atoms with E-state index in [0.29, 0.717) is 30.0 Å². The summed E-state index contributed by atoms with van der Waals surface area (Å²) in [5.74, 6) is -0.682. The van der Waals surface area contributed by atoms with Crippen molar-refractivity contribution in [2.24, 2.45) is 0 Å². The molecule has 6 atom stereocenters. The number of carbonyl (C=O) groups excluding carboxylic acids is 2. The van der Waals surface area contributed by atoms with Crippen molar-refractivity contribution in [2.45, 2.75) is 69.9 Å². The van der Waals surface area contributed by atoms with E-state index in [-0.39, 0.29) is 25.1 Å². The van der Waals surface area contributed by atoms with E-state index in [4.69, 9.17) is 9.47 Å². The number of nitrogens with one attached hydrogen (secondary N) is 2. The molecule has 0 radical (unpaired) electrons. The van der Waals surface area contributed by atoms with E-state index in [0.717, 1.165) is 16.4 Å². The zero-order valence-electron chi connectivity index (χ0n) is 25.3. The first-order chi connectivity index (χ1) is 21.8. The molecule has 0 spiro atoms. The number of benzene rings is 2. The van der Waals surface area contributed by atoms with Gasteiger partial charge in [0.15, 0.2) is 6.23 Å². The SMILES string of the molecule is CCCCNC(=O)C(c1ccccc1)N(Cc1cn(C2OC(CO)[C@H](O)C(O)C2NCOCC)nn1)C(=O)c1ccccc1I. The first kappa shape index (κ1) is 34.9. The van der Waals surface area contributed by atoms with Gasteiger partial charge >= 0.3 is 0 Å². The van der Waals surface area contributed by atoms with Crippen LogP contribution in [0.25, 0.3) is 0 Å². The van der Waals surface area contributed by atoms with Crippen LogP contribution in [0.1, 0.15) is 60.6 Å². The topological polar surface area (TPSA) is 171 Å². The number of nitrogens with zero attached hydrogens (tertiary/aromatic N) is 4. The minimum absolute atomic E-state index is 0.0695. The van der Waals surface area contributed by atoms with E-state index >= 15 is 0 Å². The molecular weight excluding hydrogens is 695 g/mol. The number of hydrogen-bond donors (Lipinski definition) is 5. The van der Waals surface area contributed by atoms with Gasteiger partial charge in [-0.2, -0.15) is 0 Å². The lowest BCUT2D eigenvalue weighted by Gasteiger charge is -2.42. The molecule has 13 nitrogen and oxygen atoms in total. The van der Waals surface area contributed by atoms with Crippen LogP contribution in [0.5, 0.6) is 0 Å². The number of aromatic nitrogens is 3. The molecule has 0 saturated carbocycles. The van der Waals surface area contributed by atoms with Crippen molar-refractivity contribution in [3.8, 4) is 0 Å². The average Bonchev–Trinajstić information content (AvgIpc) is 3.52. The molecule has 1 fully saturated rings. The van der Waals surface area contributed by atoms with Crippen LogP contribution in [0.2, 0.25) is 0 Å². The summed E-state index contributed by atoms with van der Waals surface area (Å²) < 4.78 is 13.4. The molecule has 0 bridgehead atoms. The minimum atomic E-state index is -1.35. The number of carbonyl (C=O) groups is 2. The Hall–Kier alpha value is -2.99. The molecule has 5 N–H and O–H groups in total. The van der Waals surface area contributed by atoms with E-state index in [9.17, 15) is 24.9 Å². The van der Waals surface area contributed by atoms with E-state index in [1.165, 1.54) is 9.58 Å². The van der Waals surface area contributed by atoms with Gasteiger partial charge in [-0.15, -0.1) is 5.10 Å². The van der Waals surface area contributed by atoms with Gasteiger partial charge in [0.2, 0.25) is 5.91 Å². The molecule has 1 aromatic heterocycles. The summed E-state index contributed by atoms with van der Waals surface area (Å²) in [4.78, 5) is 29.5. The minimum Gasteiger partial charge on any atom is -0.394 e. The fourth-order valence-electron chi connectivity index (χ4n) is 5.15. The Balaban J connectivity index is 1.71. The monoisotopic (exact) mass is 736 g/mol. The molecule has 2 heterocycles. The zero-order chi connectivity index (χ0) is 32.3. The van der Waals surface area contributed by atoms with Crippen LogP contribution in [0, 0.1) is 3.57 Å². The van der Waals surface area contributed by atoms with E-state index in [2.05, 4.69) is 43.5 Å². The number of aliphatic hydroxyl groups is 3. The lowest BCUT2D eigenvalue weighted by atomic mass is 9.96. The molecular formula is C31H41IN6O7. The van der Waals surface area contributed by atoms with Crippen LogP contribution < -0.4 is 10.6 Å². The smallest absolute Gasteiger partial charge is 0.256 e. The van der Waals surface area contributed by atoms with Gasteiger partial charge in [-0.1, -0.05) is 61.0 Å².